The van der Waals surface area contributed by atoms with Crippen LogP contribution in [-0.4, -0.2) is 33.7 Å². The van der Waals surface area contributed by atoms with Gasteiger partial charge in [0, 0.05) is 30.9 Å². The second-order valence-corrected chi connectivity index (χ2v) is 9.87. The summed E-state index contributed by atoms with van der Waals surface area (Å²) in [6.45, 7) is 10.6. The van der Waals surface area contributed by atoms with Crippen LogP contribution in [0.2, 0.25) is 0 Å². The molecule has 9 nitrogen and oxygen atoms in total. The Morgan fingerprint density at radius 1 is 1.08 bits per heavy atom. The first-order valence-electron chi connectivity index (χ1n) is 12.6. The quantitative estimate of drug-likeness (QED) is 0.0958. The van der Waals surface area contributed by atoms with E-state index in [9.17, 15) is 20.0 Å². The first-order chi connectivity index (χ1) is 17.5. The number of nitro benzene ring substituents is 1. The highest BCUT2D eigenvalue weighted by Gasteiger charge is 2.40. The zero-order valence-corrected chi connectivity index (χ0v) is 22.3. The second-order valence-electron chi connectivity index (χ2n) is 9.87. The molecule has 37 heavy (non-hydrogen) atoms. The summed E-state index contributed by atoms with van der Waals surface area (Å²) in [6.07, 6.45) is 3.91. The lowest BCUT2D eigenvalue weighted by molar-refractivity contribution is -0.384. The second kappa shape index (κ2) is 11.6. The fourth-order valence-corrected chi connectivity index (χ4v) is 4.65. The van der Waals surface area contributed by atoms with Crippen molar-refractivity contribution < 1.29 is 24.5 Å². The molecule has 0 aliphatic heterocycles. The lowest BCUT2D eigenvalue weighted by atomic mass is 9.81. The van der Waals surface area contributed by atoms with Crippen LogP contribution in [0.4, 0.5) is 5.69 Å². The maximum Gasteiger partial charge on any atom is 0.331 e. The third-order valence-corrected chi connectivity index (χ3v) is 6.59. The molecule has 198 valence electrons. The molecule has 1 atom stereocenters. The van der Waals surface area contributed by atoms with Crippen LogP contribution in [0.5, 0.6) is 0 Å². The minimum absolute atomic E-state index is 0.0321. The smallest absolute Gasteiger partial charge is 0.331 e. The molecule has 3 rings (SSSR count). The van der Waals surface area contributed by atoms with Gasteiger partial charge in [-0.15, -0.1) is 0 Å². The number of aliphatic hydroxyl groups is 1. The normalized spacial score (nSPS) is 15.1. The Bertz CT molecular complexity index is 1250. The van der Waals surface area contributed by atoms with Gasteiger partial charge in [-0.3, -0.25) is 10.1 Å². The van der Waals surface area contributed by atoms with Gasteiger partial charge in [0.15, 0.2) is 0 Å². The summed E-state index contributed by atoms with van der Waals surface area (Å²) < 4.78 is 0. The summed E-state index contributed by atoms with van der Waals surface area (Å²) in [5, 5.41) is 29.8. The third-order valence-electron chi connectivity index (χ3n) is 6.59. The van der Waals surface area contributed by atoms with E-state index in [0.29, 0.717) is 23.3 Å². The monoisotopic (exact) mass is 509 g/mol. The molecule has 0 spiro atoms. The van der Waals surface area contributed by atoms with Gasteiger partial charge in [-0.2, -0.15) is 0 Å². The standard InChI is InChI=1S/C28H35N3O6/c1-7-8-9-10-11-25(30-37-19(4)33)20-12-13-22-23(14-20)28(5,6)24-15-21(17(2)29-36-18(3)32)16-26(27(22)24)31(34)35/h12-16,19,33H,7-11H2,1-6H3/b29-17+,30-25+. The van der Waals surface area contributed by atoms with Crippen LogP contribution in [0.15, 0.2) is 40.6 Å². The molecule has 0 heterocycles. The van der Waals surface area contributed by atoms with E-state index < -0.39 is 22.6 Å². The van der Waals surface area contributed by atoms with Crippen molar-refractivity contribution in [3.05, 3.63) is 62.7 Å². The van der Waals surface area contributed by atoms with Crippen molar-refractivity contribution in [2.75, 3.05) is 0 Å². The molecule has 0 saturated heterocycles. The number of unbranched alkanes of at least 4 members (excludes halogenated alkanes) is 3. The minimum Gasteiger partial charge on any atom is -0.364 e. The number of oxime groups is 2. The summed E-state index contributed by atoms with van der Waals surface area (Å²) in [5.74, 6) is -0.568. The fourth-order valence-electron chi connectivity index (χ4n) is 4.65. The van der Waals surface area contributed by atoms with Crippen molar-refractivity contribution in [1.82, 2.24) is 0 Å². The molecule has 0 aromatic heterocycles. The van der Waals surface area contributed by atoms with Crippen LogP contribution >= 0.6 is 0 Å². The summed E-state index contributed by atoms with van der Waals surface area (Å²) in [5.41, 5.74) is 4.97. The van der Waals surface area contributed by atoms with Gasteiger partial charge in [-0.1, -0.05) is 62.5 Å². The van der Waals surface area contributed by atoms with E-state index >= 15 is 0 Å². The predicted octanol–water partition coefficient (Wildman–Crippen LogP) is 6.22. The van der Waals surface area contributed by atoms with Crippen LogP contribution in [0.25, 0.3) is 11.1 Å². The largest absolute Gasteiger partial charge is 0.364 e. The molecular formula is C28H35N3O6. The molecular weight excluding hydrogens is 474 g/mol. The number of nitro groups is 1. The topological polar surface area (TPSA) is 124 Å². The van der Waals surface area contributed by atoms with Crippen LogP contribution in [0.1, 0.15) is 95.9 Å². The Kier molecular flexibility index (Phi) is 8.81. The average molecular weight is 510 g/mol. The number of benzene rings is 2. The van der Waals surface area contributed by atoms with Crippen LogP contribution in [-0.2, 0) is 19.9 Å². The van der Waals surface area contributed by atoms with Crippen LogP contribution in [0.3, 0.4) is 0 Å². The zero-order chi connectivity index (χ0) is 27.3. The predicted molar refractivity (Wildman–Crippen MR) is 143 cm³/mol. The van der Waals surface area contributed by atoms with Crippen molar-refractivity contribution in [3.63, 3.8) is 0 Å². The maximum atomic E-state index is 12.1. The van der Waals surface area contributed by atoms with Crippen molar-refractivity contribution in [2.45, 2.75) is 85.4 Å². The highest BCUT2D eigenvalue weighted by Crippen LogP contribution is 2.52. The Hall–Kier alpha value is -3.59. The number of aliphatic hydroxyl groups excluding tert-OH is 1. The van der Waals surface area contributed by atoms with E-state index in [2.05, 4.69) is 17.2 Å². The van der Waals surface area contributed by atoms with E-state index in [4.69, 9.17) is 9.68 Å². The first kappa shape index (κ1) is 28.0. The molecule has 2 aromatic rings. The van der Waals surface area contributed by atoms with E-state index in [-0.39, 0.29) is 5.69 Å². The Balaban J connectivity index is 2.11. The van der Waals surface area contributed by atoms with Crippen molar-refractivity contribution in [2.24, 2.45) is 10.3 Å². The number of fused-ring (bicyclic) bond motifs is 3. The maximum absolute atomic E-state index is 12.1. The molecule has 1 unspecified atom stereocenters. The number of hydrogen-bond acceptors (Lipinski definition) is 8. The average Bonchev–Trinajstić information content (AvgIpc) is 3.07. The van der Waals surface area contributed by atoms with E-state index in [1.807, 2.05) is 38.1 Å². The molecule has 0 fully saturated rings. The summed E-state index contributed by atoms with van der Waals surface area (Å²) in [6, 6.07) is 9.16. The molecule has 1 N–H and O–H groups in total. The van der Waals surface area contributed by atoms with Crippen LogP contribution in [0, 0.1) is 10.1 Å². The third kappa shape index (κ3) is 6.22. The van der Waals surface area contributed by atoms with E-state index in [1.165, 1.54) is 19.9 Å². The summed E-state index contributed by atoms with van der Waals surface area (Å²) in [4.78, 5) is 32.9. The molecule has 1 aliphatic rings. The summed E-state index contributed by atoms with van der Waals surface area (Å²) in [7, 11) is 0. The number of carbonyl (C=O) groups excluding carboxylic acids is 1. The van der Waals surface area contributed by atoms with Crippen molar-refractivity contribution >= 4 is 23.1 Å². The first-order valence-corrected chi connectivity index (χ1v) is 12.6. The fraction of sp³-hybridized carbons (Fsp3) is 0.464. The number of rotatable bonds is 11. The van der Waals surface area contributed by atoms with Gasteiger partial charge < -0.3 is 14.8 Å². The van der Waals surface area contributed by atoms with Gasteiger partial charge in [0.25, 0.3) is 5.69 Å². The van der Waals surface area contributed by atoms with Gasteiger partial charge in [-0.05, 0) is 54.2 Å². The molecule has 0 amide bonds. The van der Waals surface area contributed by atoms with E-state index in [0.717, 1.165) is 53.6 Å². The van der Waals surface area contributed by atoms with Crippen molar-refractivity contribution in [3.8, 4) is 11.1 Å². The highest BCUT2D eigenvalue weighted by molar-refractivity contribution is 6.03. The Morgan fingerprint density at radius 2 is 1.78 bits per heavy atom. The molecule has 1 aliphatic carbocycles. The number of nitrogens with zero attached hydrogens (tertiary/aromatic N) is 3. The van der Waals surface area contributed by atoms with Gasteiger partial charge in [0.1, 0.15) is 0 Å². The van der Waals surface area contributed by atoms with Gasteiger partial charge in [-0.25, -0.2) is 4.79 Å². The number of carbonyl (C=O) groups is 1. The number of hydrogen-bond donors (Lipinski definition) is 1. The summed E-state index contributed by atoms with van der Waals surface area (Å²) >= 11 is 0. The molecule has 9 heteroatoms. The van der Waals surface area contributed by atoms with Gasteiger partial charge >= 0.3 is 5.97 Å². The lowest BCUT2D eigenvalue weighted by Gasteiger charge is -2.22. The zero-order valence-electron chi connectivity index (χ0n) is 22.3. The minimum atomic E-state index is -1.03. The van der Waals surface area contributed by atoms with Gasteiger partial charge in [0.2, 0.25) is 6.29 Å². The Labute approximate surface area is 217 Å². The molecule has 2 aromatic carbocycles. The molecule has 0 bridgehead atoms. The SMILES string of the molecule is CCCCCC/C(=N\OC(C)O)c1ccc2c(c1)C(C)(C)c1cc(/C(C)=N/OC(C)=O)cc([N+](=O)[O-])c1-2. The van der Waals surface area contributed by atoms with Gasteiger partial charge in [0.05, 0.1) is 21.9 Å². The van der Waals surface area contributed by atoms with Crippen LogP contribution < -0.4 is 0 Å². The molecule has 0 radical (unpaired) electrons. The van der Waals surface area contributed by atoms with Crippen molar-refractivity contribution in [1.29, 1.82) is 0 Å². The van der Waals surface area contributed by atoms with E-state index in [1.54, 1.807) is 6.92 Å². The molecule has 0 saturated carbocycles. The Morgan fingerprint density at radius 3 is 2.41 bits per heavy atom. The highest BCUT2D eigenvalue weighted by atomic mass is 16.7. The lowest BCUT2D eigenvalue weighted by Crippen LogP contribution is -2.17.